The fourth-order valence-electron chi connectivity index (χ4n) is 3.28. The van der Waals surface area contributed by atoms with Gasteiger partial charge < -0.3 is 20.0 Å². The number of rotatable bonds is 6. The highest BCUT2D eigenvalue weighted by molar-refractivity contribution is 6.37. The van der Waals surface area contributed by atoms with Crippen molar-refractivity contribution >= 4 is 51.1 Å². The number of hydrogen-bond donors (Lipinski definition) is 2. The van der Waals surface area contributed by atoms with E-state index in [0.29, 0.717) is 21.4 Å². The maximum atomic E-state index is 10.9. The number of ether oxygens (including phenoxy) is 1. The van der Waals surface area contributed by atoms with E-state index in [9.17, 15) is 4.79 Å². The van der Waals surface area contributed by atoms with Gasteiger partial charge in [0.25, 0.3) is 0 Å². The third kappa shape index (κ3) is 3.90. The van der Waals surface area contributed by atoms with E-state index in [4.69, 9.17) is 43.2 Å². The first-order chi connectivity index (χ1) is 13.9. The van der Waals surface area contributed by atoms with Crippen LogP contribution in [-0.2, 0) is 17.8 Å². The lowest BCUT2D eigenvalue weighted by Gasteiger charge is -2.13. The lowest BCUT2D eigenvalue weighted by atomic mass is 10.1. The first kappa shape index (κ1) is 19.6. The van der Waals surface area contributed by atoms with Crippen molar-refractivity contribution in [3.63, 3.8) is 0 Å². The number of benzene rings is 3. The van der Waals surface area contributed by atoms with Crippen molar-refractivity contribution in [2.24, 2.45) is 5.73 Å². The van der Waals surface area contributed by atoms with Gasteiger partial charge in [0.05, 0.1) is 10.0 Å². The second-order valence-electron chi connectivity index (χ2n) is 6.72. The molecule has 1 atom stereocenters. The van der Waals surface area contributed by atoms with Crippen LogP contribution in [0, 0.1) is 0 Å². The Morgan fingerprint density at radius 3 is 2.48 bits per heavy atom. The maximum Gasteiger partial charge on any atom is 0.320 e. The lowest BCUT2D eigenvalue weighted by Crippen LogP contribution is -2.32. The molecule has 148 valence electrons. The molecule has 0 saturated carbocycles. The fourth-order valence-corrected chi connectivity index (χ4v) is 3.92. The van der Waals surface area contributed by atoms with E-state index >= 15 is 0 Å². The first-order valence-electron chi connectivity index (χ1n) is 8.92. The zero-order chi connectivity index (χ0) is 20.5. The monoisotopic (exact) mass is 429 g/mol. The van der Waals surface area contributed by atoms with Crippen LogP contribution in [0.5, 0.6) is 5.75 Å². The molecule has 0 amide bonds. The van der Waals surface area contributed by atoms with Gasteiger partial charge in [0, 0.05) is 16.3 Å². The predicted molar refractivity (Wildman–Crippen MR) is 114 cm³/mol. The number of halogens is 2. The van der Waals surface area contributed by atoms with Crippen molar-refractivity contribution in [2.75, 3.05) is 0 Å². The van der Waals surface area contributed by atoms with Crippen LogP contribution in [0.4, 0.5) is 0 Å². The van der Waals surface area contributed by atoms with Crippen LogP contribution in [0.3, 0.4) is 0 Å². The number of carbonyl (C=O) groups is 1. The minimum absolute atomic E-state index is 0.118. The van der Waals surface area contributed by atoms with Gasteiger partial charge in [-0.3, -0.25) is 4.79 Å². The first-order valence-corrected chi connectivity index (χ1v) is 9.68. The second-order valence-corrected chi connectivity index (χ2v) is 7.53. The van der Waals surface area contributed by atoms with Crippen molar-refractivity contribution < 1.29 is 19.1 Å². The predicted octanol–water partition coefficient (Wildman–Crippen LogP) is 5.43. The molecule has 3 aromatic carbocycles. The van der Waals surface area contributed by atoms with Gasteiger partial charge in [-0.2, -0.15) is 0 Å². The molecule has 3 N–H and O–H groups in total. The van der Waals surface area contributed by atoms with Crippen molar-refractivity contribution in [2.45, 2.75) is 19.1 Å². The van der Waals surface area contributed by atoms with E-state index in [1.165, 1.54) is 0 Å². The Hall–Kier alpha value is -2.73. The molecule has 0 saturated heterocycles. The number of carboxylic acids is 1. The third-order valence-corrected chi connectivity index (χ3v) is 5.25. The molecule has 0 fully saturated rings. The fraction of sp³-hybridized carbons (Fsp3) is 0.136. The van der Waals surface area contributed by atoms with Crippen LogP contribution in [-0.4, -0.2) is 17.1 Å². The third-order valence-electron chi connectivity index (χ3n) is 4.69. The summed E-state index contributed by atoms with van der Waals surface area (Å²) in [6.45, 7) is 0.213. The Morgan fingerprint density at radius 2 is 1.76 bits per heavy atom. The summed E-state index contributed by atoms with van der Waals surface area (Å²) in [5.74, 6) is -0.759. The van der Waals surface area contributed by atoms with Gasteiger partial charge in [-0.05, 0) is 30.2 Å². The smallest absolute Gasteiger partial charge is 0.320 e. The normalized spacial score (nSPS) is 12.4. The average molecular weight is 430 g/mol. The maximum absolute atomic E-state index is 10.9. The minimum Gasteiger partial charge on any atom is -0.486 e. The molecule has 0 spiro atoms. The molecule has 4 rings (SSSR count). The molecule has 5 nitrogen and oxygen atoms in total. The molecule has 1 aromatic heterocycles. The average Bonchev–Trinajstić information content (AvgIpc) is 3.07. The number of fused-ring (bicyclic) bond motifs is 3. The van der Waals surface area contributed by atoms with Crippen LogP contribution < -0.4 is 10.5 Å². The van der Waals surface area contributed by atoms with Crippen molar-refractivity contribution in [1.82, 2.24) is 0 Å². The zero-order valence-corrected chi connectivity index (χ0v) is 16.7. The lowest BCUT2D eigenvalue weighted by molar-refractivity contribution is -0.138. The number of para-hydroxylation sites is 2. The highest BCUT2D eigenvalue weighted by atomic mass is 35.5. The summed E-state index contributed by atoms with van der Waals surface area (Å²) in [6, 6.07) is 15.9. The van der Waals surface area contributed by atoms with Gasteiger partial charge in [0.1, 0.15) is 23.8 Å². The van der Waals surface area contributed by atoms with E-state index in [0.717, 1.165) is 27.5 Å². The van der Waals surface area contributed by atoms with Crippen molar-refractivity contribution in [1.29, 1.82) is 0 Å². The van der Waals surface area contributed by atoms with Crippen molar-refractivity contribution in [3.05, 3.63) is 75.8 Å². The van der Waals surface area contributed by atoms with Crippen LogP contribution >= 0.6 is 23.2 Å². The number of aliphatic carboxylic acids is 1. The molecular formula is C22H17Cl2NO4. The molecule has 7 heteroatoms. The molecule has 29 heavy (non-hydrogen) atoms. The molecule has 1 unspecified atom stereocenters. The van der Waals surface area contributed by atoms with Crippen molar-refractivity contribution in [3.8, 4) is 5.75 Å². The highest BCUT2D eigenvalue weighted by Crippen LogP contribution is 2.36. The molecule has 0 aliphatic carbocycles. The Labute approximate surface area is 176 Å². The summed E-state index contributed by atoms with van der Waals surface area (Å²) in [5.41, 5.74) is 8.63. The van der Waals surface area contributed by atoms with E-state index in [2.05, 4.69) is 0 Å². The van der Waals surface area contributed by atoms with Gasteiger partial charge in [-0.15, -0.1) is 0 Å². The van der Waals surface area contributed by atoms with Gasteiger partial charge in [0.2, 0.25) is 0 Å². The molecule has 1 heterocycles. The van der Waals surface area contributed by atoms with Crippen LogP contribution in [0.2, 0.25) is 10.0 Å². The number of furan rings is 1. The molecule has 0 bridgehead atoms. The van der Waals surface area contributed by atoms with Gasteiger partial charge in [-0.1, -0.05) is 59.6 Å². The van der Waals surface area contributed by atoms with E-state index in [1.807, 2.05) is 42.5 Å². The summed E-state index contributed by atoms with van der Waals surface area (Å²) < 4.78 is 11.9. The largest absolute Gasteiger partial charge is 0.486 e. The SMILES string of the molecule is NC(Cc1cc(Cl)c(OCc2cccc3c2oc2ccccc23)c(Cl)c1)C(=O)O. The Morgan fingerprint density at radius 1 is 1.07 bits per heavy atom. The molecular weight excluding hydrogens is 413 g/mol. The molecule has 0 aliphatic heterocycles. The quantitative estimate of drug-likeness (QED) is 0.426. The Kier molecular flexibility index (Phi) is 5.37. The van der Waals surface area contributed by atoms with Gasteiger partial charge in [0.15, 0.2) is 5.75 Å². The second kappa shape index (κ2) is 7.95. The molecule has 0 aliphatic rings. The van der Waals surface area contributed by atoms with Crippen LogP contribution in [0.25, 0.3) is 21.9 Å². The highest BCUT2D eigenvalue weighted by Gasteiger charge is 2.17. The zero-order valence-electron chi connectivity index (χ0n) is 15.2. The summed E-state index contributed by atoms with van der Waals surface area (Å²) in [5, 5.41) is 11.6. The Bertz CT molecular complexity index is 1200. The number of carboxylic acid groups (broad SMARTS) is 1. The van der Waals surface area contributed by atoms with Gasteiger partial charge >= 0.3 is 5.97 Å². The summed E-state index contributed by atoms with van der Waals surface area (Å²) in [4.78, 5) is 10.9. The topological polar surface area (TPSA) is 85.7 Å². The van der Waals surface area contributed by atoms with E-state index in [1.54, 1.807) is 12.1 Å². The minimum atomic E-state index is -1.09. The van der Waals surface area contributed by atoms with E-state index < -0.39 is 12.0 Å². The Balaban J connectivity index is 1.60. The van der Waals surface area contributed by atoms with Crippen LogP contribution in [0.15, 0.2) is 59.0 Å². The van der Waals surface area contributed by atoms with E-state index in [-0.39, 0.29) is 13.0 Å². The molecule has 0 radical (unpaired) electrons. The summed E-state index contributed by atoms with van der Waals surface area (Å²) >= 11 is 12.7. The van der Waals surface area contributed by atoms with Crippen LogP contribution in [0.1, 0.15) is 11.1 Å². The number of nitrogens with two attached hydrogens (primary N) is 1. The standard InChI is InChI=1S/C22H17Cl2NO4/c23-16-8-12(10-18(25)22(26)27)9-17(24)21(16)28-11-13-4-3-6-15-14-5-1-2-7-19(14)29-20(13)15/h1-9,18H,10-11,25H2,(H,26,27). The van der Waals surface area contributed by atoms with Gasteiger partial charge in [-0.25, -0.2) is 0 Å². The molecule has 4 aromatic rings. The number of hydrogen-bond acceptors (Lipinski definition) is 4. The summed E-state index contributed by atoms with van der Waals surface area (Å²) in [6.07, 6.45) is 0.118. The summed E-state index contributed by atoms with van der Waals surface area (Å²) in [7, 11) is 0.